The molecule has 8 nitrogen and oxygen atoms in total. The first kappa shape index (κ1) is 15.4. The van der Waals surface area contributed by atoms with E-state index in [-0.39, 0.29) is 10.6 Å². The molecule has 21 heavy (non-hydrogen) atoms. The van der Waals surface area contributed by atoms with Crippen molar-refractivity contribution in [2.24, 2.45) is 0 Å². The van der Waals surface area contributed by atoms with Gasteiger partial charge in [0.2, 0.25) is 10.0 Å². The lowest BCUT2D eigenvalue weighted by Crippen LogP contribution is -2.30. The monoisotopic (exact) mass is 330 g/mol. The van der Waals surface area contributed by atoms with Gasteiger partial charge in [-0.3, -0.25) is 9.59 Å². The van der Waals surface area contributed by atoms with Crippen LogP contribution < -0.4 is 9.03 Å². The lowest BCUT2D eigenvalue weighted by molar-refractivity contribution is -0.119. The molecule has 2 amide bonds. The molecule has 112 valence electrons. The third-order valence-corrected chi connectivity index (χ3v) is 5.46. The van der Waals surface area contributed by atoms with E-state index in [4.69, 9.17) is 0 Å². The standard InChI is InChI=1S/C11H10N2O6S2/c1-20(16,17)12-21(18,19)9-4-2-8(3-5-9)13-10(14)6-7-11(13)15/h2-7,12H,1H3. The molecule has 1 aliphatic heterocycles. The fourth-order valence-corrected chi connectivity index (χ4v) is 4.15. The highest BCUT2D eigenvalue weighted by Gasteiger charge is 2.26. The summed E-state index contributed by atoms with van der Waals surface area (Å²) >= 11 is 0. The van der Waals surface area contributed by atoms with Crippen LogP contribution in [0.4, 0.5) is 5.69 Å². The smallest absolute Gasteiger partial charge is 0.258 e. The number of hydrogen-bond donors (Lipinski definition) is 1. The molecular weight excluding hydrogens is 320 g/mol. The van der Waals surface area contributed by atoms with Gasteiger partial charge in [-0.1, -0.05) is 0 Å². The summed E-state index contributed by atoms with van der Waals surface area (Å²) in [7, 11) is -8.17. The zero-order valence-electron chi connectivity index (χ0n) is 10.7. The van der Waals surface area contributed by atoms with Gasteiger partial charge >= 0.3 is 0 Å². The number of benzene rings is 1. The van der Waals surface area contributed by atoms with Gasteiger partial charge in [-0.15, -0.1) is 4.13 Å². The predicted octanol–water partition coefficient (Wildman–Crippen LogP) is -0.646. The summed E-state index contributed by atoms with van der Waals surface area (Å²) in [5.74, 6) is -1.07. The summed E-state index contributed by atoms with van der Waals surface area (Å²) < 4.78 is 47.0. The Hall–Kier alpha value is -2.04. The quantitative estimate of drug-likeness (QED) is 0.733. The van der Waals surface area contributed by atoms with Crippen molar-refractivity contribution in [2.75, 3.05) is 11.2 Å². The molecule has 1 aromatic rings. The molecule has 10 heteroatoms. The normalized spacial score (nSPS) is 15.8. The second-order valence-corrected chi connectivity index (χ2v) is 7.89. The van der Waals surface area contributed by atoms with E-state index in [1.807, 2.05) is 0 Å². The highest BCUT2D eigenvalue weighted by molar-refractivity contribution is 8.04. The fraction of sp³-hybridized carbons (Fsp3) is 0.0909. The molecular formula is C11H10N2O6S2. The van der Waals surface area contributed by atoms with Crippen molar-refractivity contribution in [3.8, 4) is 0 Å². The summed E-state index contributed by atoms with van der Waals surface area (Å²) in [4.78, 5) is 23.5. The molecule has 1 heterocycles. The Labute approximate surface area is 121 Å². The maximum Gasteiger partial charge on any atom is 0.258 e. The van der Waals surface area contributed by atoms with Crippen LogP contribution >= 0.6 is 0 Å². The van der Waals surface area contributed by atoms with Crippen molar-refractivity contribution in [2.45, 2.75) is 4.90 Å². The summed E-state index contributed by atoms with van der Waals surface area (Å²) in [5, 5.41) is 0. The van der Waals surface area contributed by atoms with E-state index in [9.17, 15) is 26.4 Å². The number of carbonyl (C=O) groups is 2. The van der Waals surface area contributed by atoms with Crippen molar-refractivity contribution >= 4 is 37.5 Å². The number of hydrogen-bond acceptors (Lipinski definition) is 6. The Morgan fingerprint density at radius 3 is 1.81 bits per heavy atom. The Balaban J connectivity index is 2.32. The van der Waals surface area contributed by atoms with Crippen LogP contribution in [0.2, 0.25) is 0 Å². The minimum Gasteiger partial charge on any atom is -0.269 e. The van der Waals surface area contributed by atoms with Gasteiger partial charge in [-0.2, -0.15) is 0 Å². The van der Waals surface area contributed by atoms with Gasteiger partial charge in [0.15, 0.2) is 0 Å². The number of rotatable bonds is 4. The number of carbonyl (C=O) groups excluding carboxylic acids is 2. The van der Waals surface area contributed by atoms with Crippen molar-refractivity contribution in [3.05, 3.63) is 36.4 Å². The summed E-state index contributed by atoms with van der Waals surface area (Å²) in [6.45, 7) is 0. The van der Waals surface area contributed by atoms with E-state index >= 15 is 0 Å². The first-order chi connectivity index (χ1) is 9.60. The van der Waals surface area contributed by atoms with Gasteiger partial charge in [-0.05, 0) is 24.3 Å². The van der Waals surface area contributed by atoms with Gasteiger partial charge in [0.05, 0.1) is 16.8 Å². The molecule has 0 unspecified atom stereocenters. The second-order valence-electron chi connectivity index (χ2n) is 4.20. The molecule has 0 spiro atoms. The second kappa shape index (κ2) is 5.06. The minimum atomic E-state index is -4.23. The highest BCUT2D eigenvalue weighted by Crippen LogP contribution is 2.21. The molecule has 0 radical (unpaired) electrons. The van der Waals surface area contributed by atoms with Crippen LogP contribution in [0.5, 0.6) is 0 Å². The number of nitrogens with one attached hydrogen (secondary N) is 1. The van der Waals surface area contributed by atoms with E-state index in [1.54, 1.807) is 0 Å². The molecule has 0 fully saturated rings. The van der Waals surface area contributed by atoms with Crippen LogP contribution in [-0.2, 0) is 29.6 Å². The third kappa shape index (κ3) is 3.35. The number of anilines is 1. The van der Waals surface area contributed by atoms with Crippen molar-refractivity contribution in [3.63, 3.8) is 0 Å². The number of imide groups is 1. The maximum absolute atomic E-state index is 11.8. The van der Waals surface area contributed by atoms with E-state index in [0.29, 0.717) is 6.26 Å². The van der Waals surface area contributed by atoms with Crippen LogP contribution in [0, 0.1) is 0 Å². The number of sulfonamides is 2. The molecule has 0 saturated carbocycles. The molecule has 1 aromatic carbocycles. The first-order valence-corrected chi connectivity index (χ1v) is 8.87. The van der Waals surface area contributed by atoms with E-state index < -0.39 is 31.9 Å². The number of nitrogens with zero attached hydrogens (tertiary/aromatic N) is 1. The topological polar surface area (TPSA) is 118 Å². The Morgan fingerprint density at radius 2 is 1.38 bits per heavy atom. The minimum absolute atomic E-state index is 0.188. The molecule has 0 bridgehead atoms. The third-order valence-electron chi connectivity index (χ3n) is 2.48. The Kier molecular flexibility index (Phi) is 3.70. The zero-order valence-corrected chi connectivity index (χ0v) is 12.3. The lowest BCUT2D eigenvalue weighted by atomic mass is 10.3. The largest absolute Gasteiger partial charge is 0.269 e. The van der Waals surface area contributed by atoms with Crippen LogP contribution in [0.3, 0.4) is 0 Å². The average molecular weight is 330 g/mol. The number of amides is 2. The summed E-state index contributed by atoms with van der Waals surface area (Å²) in [6.07, 6.45) is 2.91. The van der Waals surface area contributed by atoms with Gasteiger partial charge in [-0.25, -0.2) is 21.7 Å². The maximum atomic E-state index is 11.8. The van der Waals surface area contributed by atoms with Crippen molar-refractivity contribution in [1.29, 1.82) is 0 Å². The first-order valence-electron chi connectivity index (χ1n) is 5.50. The zero-order chi connectivity index (χ0) is 15.8. The SMILES string of the molecule is CS(=O)(=O)NS(=O)(=O)c1ccc(N2C(=O)C=CC2=O)cc1. The Morgan fingerprint density at radius 1 is 0.905 bits per heavy atom. The Bertz CT molecular complexity index is 819. The fourth-order valence-electron chi connectivity index (χ4n) is 1.68. The predicted molar refractivity (Wildman–Crippen MR) is 73.2 cm³/mol. The molecule has 0 atom stereocenters. The van der Waals surface area contributed by atoms with Gasteiger partial charge < -0.3 is 0 Å². The van der Waals surface area contributed by atoms with Crippen LogP contribution in [0.25, 0.3) is 0 Å². The van der Waals surface area contributed by atoms with Gasteiger partial charge in [0.25, 0.3) is 21.8 Å². The highest BCUT2D eigenvalue weighted by atomic mass is 32.3. The molecule has 0 aromatic heterocycles. The van der Waals surface area contributed by atoms with E-state index in [1.165, 1.54) is 16.3 Å². The van der Waals surface area contributed by atoms with Gasteiger partial charge in [0.1, 0.15) is 0 Å². The van der Waals surface area contributed by atoms with Crippen LogP contribution in [-0.4, -0.2) is 34.9 Å². The van der Waals surface area contributed by atoms with Crippen LogP contribution in [0.1, 0.15) is 0 Å². The van der Waals surface area contributed by atoms with Crippen LogP contribution in [0.15, 0.2) is 41.3 Å². The van der Waals surface area contributed by atoms with Gasteiger partial charge in [0, 0.05) is 12.2 Å². The van der Waals surface area contributed by atoms with Crippen molar-refractivity contribution in [1.82, 2.24) is 4.13 Å². The van der Waals surface area contributed by atoms with E-state index in [0.717, 1.165) is 29.2 Å². The molecule has 0 aliphatic carbocycles. The summed E-state index contributed by atoms with van der Waals surface area (Å²) in [6, 6.07) is 4.67. The summed E-state index contributed by atoms with van der Waals surface area (Å²) in [5.41, 5.74) is 0.188. The van der Waals surface area contributed by atoms with Crippen molar-refractivity contribution < 1.29 is 26.4 Å². The molecule has 1 N–H and O–H groups in total. The van der Waals surface area contributed by atoms with E-state index in [2.05, 4.69) is 0 Å². The molecule has 1 aliphatic rings. The lowest BCUT2D eigenvalue weighted by Gasteiger charge is -2.14. The molecule has 0 saturated heterocycles. The average Bonchev–Trinajstić information content (AvgIpc) is 2.66. The molecule has 2 rings (SSSR count).